The SMILES string of the molecule is CN(CCCNC(=O)c1cccc(NC(=O)c2nsc3ccccc23)c1)c1ccccc1. The van der Waals surface area contributed by atoms with Crippen LogP contribution >= 0.6 is 11.5 Å². The number of fused-ring (bicyclic) bond motifs is 1. The van der Waals surface area contributed by atoms with Crippen LogP contribution in [0.2, 0.25) is 0 Å². The summed E-state index contributed by atoms with van der Waals surface area (Å²) in [5.74, 6) is -0.452. The lowest BCUT2D eigenvalue weighted by Crippen LogP contribution is -2.28. The predicted octanol–water partition coefficient (Wildman–Crippen LogP) is 4.80. The summed E-state index contributed by atoms with van der Waals surface area (Å²) in [4.78, 5) is 27.4. The van der Waals surface area contributed by atoms with E-state index in [2.05, 4.69) is 32.0 Å². The number of anilines is 2. The molecule has 0 saturated heterocycles. The van der Waals surface area contributed by atoms with E-state index in [-0.39, 0.29) is 11.8 Å². The molecule has 162 valence electrons. The van der Waals surface area contributed by atoms with Crippen LogP contribution in [0.5, 0.6) is 0 Å². The largest absolute Gasteiger partial charge is 0.375 e. The van der Waals surface area contributed by atoms with Gasteiger partial charge < -0.3 is 15.5 Å². The number of hydrogen-bond acceptors (Lipinski definition) is 5. The van der Waals surface area contributed by atoms with Gasteiger partial charge in [-0.2, -0.15) is 4.37 Å². The van der Waals surface area contributed by atoms with Gasteiger partial charge in [-0.15, -0.1) is 0 Å². The Morgan fingerprint density at radius 2 is 1.72 bits per heavy atom. The first-order valence-electron chi connectivity index (χ1n) is 10.4. The third-order valence-corrected chi connectivity index (χ3v) is 5.95. The van der Waals surface area contributed by atoms with E-state index in [0.29, 0.717) is 23.5 Å². The number of carbonyl (C=O) groups is 2. The van der Waals surface area contributed by atoms with Crippen molar-refractivity contribution in [2.45, 2.75) is 6.42 Å². The van der Waals surface area contributed by atoms with Crippen LogP contribution < -0.4 is 15.5 Å². The van der Waals surface area contributed by atoms with Gasteiger partial charge in [0.2, 0.25) is 0 Å². The summed E-state index contributed by atoms with van der Waals surface area (Å²) in [6, 6.07) is 24.7. The number of para-hydroxylation sites is 1. The van der Waals surface area contributed by atoms with Gasteiger partial charge in [-0.1, -0.05) is 42.5 Å². The normalized spacial score (nSPS) is 10.7. The molecule has 0 radical (unpaired) electrons. The van der Waals surface area contributed by atoms with Crippen LogP contribution in [0, 0.1) is 0 Å². The van der Waals surface area contributed by atoms with Crippen molar-refractivity contribution in [1.82, 2.24) is 9.69 Å². The smallest absolute Gasteiger partial charge is 0.276 e. The Labute approximate surface area is 191 Å². The zero-order chi connectivity index (χ0) is 22.3. The molecule has 32 heavy (non-hydrogen) atoms. The van der Waals surface area contributed by atoms with Gasteiger partial charge in [0, 0.05) is 42.5 Å². The molecule has 2 N–H and O–H groups in total. The zero-order valence-corrected chi connectivity index (χ0v) is 18.6. The molecule has 0 aliphatic carbocycles. The molecule has 1 aromatic heterocycles. The molecule has 0 aliphatic rings. The standard InChI is InChI=1S/C25H24N4O2S/c1-29(20-11-3-2-4-12-20)16-8-15-26-24(30)18-9-7-10-19(17-18)27-25(31)23-21-13-5-6-14-22(21)32-28-23/h2-7,9-14,17H,8,15-16H2,1H3,(H,26,30)(H,27,31). The molecule has 0 spiro atoms. The molecule has 0 aliphatic heterocycles. The van der Waals surface area contributed by atoms with Gasteiger partial charge in [-0.25, -0.2) is 0 Å². The van der Waals surface area contributed by atoms with Crippen molar-refractivity contribution in [3.63, 3.8) is 0 Å². The van der Waals surface area contributed by atoms with Crippen LogP contribution in [0.15, 0.2) is 78.9 Å². The molecule has 3 aromatic carbocycles. The van der Waals surface area contributed by atoms with E-state index in [1.54, 1.807) is 24.3 Å². The Morgan fingerprint density at radius 1 is 0.938 bits per heavy atom. The van der Waals surface area contributed by atoms with Crippen molar-refractivity contribution in [3.05, 3.63) is 90.1 Å². The number of nitrogens with zero attached hydrogens (tertiary/aromatic N) is 2. The van der Waals surface area contributed by atoms with E-state index in [4.69, 9.17) is 0 Å². The Hall–Kier alpha value is -3.71. The number of hydrogen-bond donors (Lipinski definition) is 2. The van der Waals surface area contributed by atoms with E-state index in [0.717, 1.165) is 28.7 Å². The Morgan fingerprint density at radius 3 is 2.56 bits per heavy atom. The van der Waals surface area contributed by atoms with Crippen molar-refractivity contribution in [3.8, 4) is 0 Å². The summed E-state index contributed by atoms with van der Waals surface area (Å²) in [6.07, 6.45) is 0.824. The molecule has 4 rings (SSSR count). The average molecular weight is 445 g/mol. The molecule has 6 nitrogen and oxygen atoms in total. The molecule has 0 unspecified atom stereocenters. The lowest BCUT2D eigenvalue weighted by atomic mass is 10.1. The highest BCUT2D eigenvalue weighted by molar-refractivity contribution is 7.13. The van der Waals surface area contributed by atoms with E-state index < -0.39 is 0 Å². The molecule has 0 atom stereocenters. The number of carbonyl (C=O) groups excluding carboxylic acids is 2. The first-order valence-corrected chi connectivity index (χ1v) is 11.2. The molecule has 0 bridgehead atoms. The lowest BCUT2D eigenvalue weighted by molar-refractivity contribution is 0.0952. The van der Waals surface area contributed by atoms with Crippen LogP contribution in [-0.2, 0) is 0 Å². The molecule has 4 aromatic rings. The summed E-state index contributed by atoms with van der Waals surface area (Å²) in [5.41, 5.74) is 2.60. The van der Waals surface area contributed by atoms with Gasteiger partial charge in [0.25, 0.3) is 11.8 Å². The van der Waals surface area contributed by atoms with Crippen molar-refractivity contribution in [2.75, 3.05) is 30.4 Å². The van der Waals surface area contributed by atoms with Gasteiger partial charge >= 0.3 is 0 Å². The monoisotopic (exact) mass is 444 g/mol. The first kappa shape index (κ1) is 21.5. The van der Waals surface area contributed by atoms with Crippen LogP contribution in [0.25, 0.3) is 10.1 Å². The molecule has 0 saturated carbocycles. The summed E-state index contributed by atoms with van der Waals surface area (Å²) >= 11 is 1.29. The van der Waals surface area contributed by atoms with Gasteiger partial charge in [0.1, 0.15) is 5.69 Å². The van der Waals surface area contributed by atoms with Crippen molar-refractivity contribution in [2.24, 2.45) is 0 Å². The minimum absolute atomic E-state index is 0.164. The topological polar surface area (TPSA) is 74.3 Å². The van der Waals surface area contributed by atoms with Gasteiger partial charge in [0.15, 0.2) is 0 Å². The minimum atomic E-state index is -0.288. The maximum atomic E-state index is 12.7. The van der Waals surface area contributed by atoms with Crippen molar-refractivity contribution in [1.29, 1.82) is 0 Å². The van der Waals surface area contributed by atoms with Gasteiger partial charge in [-0.05, 0) is 54.4 Å². The Bertz CT molecular complexity index is 1220. The highest BCUT2D eigenvalue weighted by atomic mass is 32.1. The fraction of sp³-hybridized carbons (Fsp3) is 0.160. The van der Waals surface area contributed by atoms with Crippen LogP contribution in [0.1, 0.15) is 27.3 Å². The van der Waals surface area contributed by atoms with E-state index in [9.17, 15) is 9.59 Å². The average Bonchev–Trinajstić information content (AvgIpc) is 3.27. The Balaban J connectivity index is 1.31. The summed E-state index contributed by atoms with van der Waals surface area (Å²) in [6.45, 7) is 1.40. The van der Waals surface area contributed by atoms with E-state index in [1.807, 2.05) is 49.5 Å². The molecule has 7 heteroatoms. The third kappa shape index (κ3) is 5.12. The quantitative estimate of drug-likeness (QED) is 0.383. The zero-order valence-electron chi connectivity index (χ0n) is 17.7. The lowest BCUT2D eigenvalue weighted by Gasteiger charge is -2.19. The second kappa shape index (κ2) is 10.1. The highest BCUT2D eigenvalue weighted by Gasteiger charge is 2.15. The van der Waals surface area contributed by atoms with Gasteiger partial charge in [0.05, 0.1) is 4.70 Å². The first-order chi connectivity index (χ1) is 15.6. The molecular formula is C25H24N4O2S. The predicted molar refractivity (Wildman–Crippen MR) is 131 cm³/mol. The molecular weight excluding hydrogens is 420 g/mol. The number of nitrogens with one attached hydrogen (secondary N) is 2. The van der Waals surface area contributed by atoms with Crippen LogP contribution in [0.3, 0.4) is 0 Å². The number of aromatic nitrogens is 1. The van der Waals surface area contributed by atoms with Gasteiger partial charge in [-0.3, -0.25) is 9.59 Å². The second-order valence-electron chi connectivity index (χ2n) is 7.43. The molecule has 1 heterocycles. The summed E-state index contributed by atoms with van der Waals surface area (Å²) in [7, 11) is 2.04. The fourth-order valence-electron chi connectivity index (χ4n) is 3.41. The number of amides is 2. The second-order valence-corrected chi connectivity index (χ2v) is 8.23. The maximum absolute atomic E-state index is 12.7. The summed E-state index contributed by atoms with van der Waals surface area (Å²) in [5, 5.41) is 6.62. The minimum Gasteiger partial charge on any atom is -0.375 e. The van der Waals surface area contributed by atoms with Crippen LogP contribution in [-0.4, -0.2) is 36.3 Å². The Kier molecular flexibility index (Phi) is 6.77. The maximum Gasteiger partial charge on any atom is 0.276 e. The van der Waals surface area contributed by atoms with Crippen LogP contribution in [0.4, 0.5) is 11.4 Å². The van der Waals surface area contributed by atoms with E-state index >= 15 is 0 Å². The van der Waals surface area contributed by atoms with E-state index in [1.165, 1.54) is 11.5 Å². The van der Waals surface area contributed by atoms with Crippen molar-refractivity contribution >= 4 is 44.8 Å². The fourth-order valence-corrected chi connectivity index (χ4v) is 4.18. The number of rotatable bonds is 8. The molecule has 0 fully saturated rings. The highest BCUT2D eigenvalue weighted by Crippen LogP contribution is 2.23. The summed E-state index contributed by atoms with van der Waals surface area (Å²) < 4.78 is 5.24. The third-order valence-electron chi connectivity index (χ3n) is 5.13. The molecule has 2 amide bonds. The number of benzene rings is 3. The van der Waals surface area contributed by atoms with Crippen molar-refractivity contribution < 1.29 is 9.59 Å².